The molecule has 0 amide bonds. The van der Waals surface area contributed by atoms with E-state index < -0.39 is 11.7 Å². The molecule has 0 spiro atoms. The van der Waals surface area contributed by atoms with E-state index in [1.807, 2.05) is 12.3 Å². The zero-order valence-corrected chi connectivity index (χ0v) is 18.6. The number of nitrogens with one attached hydrogen (secondary N) is 2. The molecule has 1 aromatic heterocycles. The van der Waals surface area contributed by atoms with Gasteiger partial charge in [-0.3, -0.25) is 4.99 Å². The normalized spacial score (nSPS) is 15.7. The number of alkyl halides is 3. The number of nitrogens with zero attached hydrogens (tertiary/aromatic N) is 4. The van der Waals surface area contributed by atoms with Gasteiger partial charge in [0.05, 0.1) is 5.56 Å². The van der Waals surface area contributed by atoms with Gasteiger partial charge >= 0.3 is 6.18 Å². The van der Waals surface area contributed by atoms with Gasteiger partial charge in [-0.1, -0.05) is 19.1 Å². The van der Waals surface area contributed by atoms with E-state index in [2.05, 4.69) is 43.4 Å². The summed E-state index contributed by atoms with van der Waals surface area (Å²) in [6.45, 7) is 8.49. The Morgan fingerprint density at radius 3 is 2.38 bits per heavy atom. The Labute approximate surface area is 187 Å². The number of hydrogen-bond donors (Lipinski definition) is 2. The Morgan fingerprint density at radius 2 is 1.75 bits per heavy atom. The minimum absolute atomic E-state index is 0.564. The van der Waals surface area contributed by atoms with Crippen LogP contribution in [0.5, 0.6) is 0 Å². The van der Waals surface area contributed by atoms with Crippen LogP contribution in [-0.2, 0) is 19.1 Å². The van der Waals surface area contributed by atoms with Crippen molar-refractivity contribution in [3.8, 4) is 0 Å². The van der Waals surface area contributed by atoms with Gasteiger partial charge in [0.2, 0.25) is 0 Å². The standard InChI is InChI=1S/C23H31F3N6/c1-3-31-12-14-32(15-13-31)21-16-19(9-10-28-21)17-30-22(27-2)29-11-8-18-4-6-20(7-5-18)23(24,25)26/h4-7,9-10,16H,3,8,11-15,17H2,1-2H3,(H2,27,29,30). The molecule has 1 fully saturated rings. The van der Waals surface area contributed by atoms with Crippen LogP contribution in [0.1, 0.15) is 23.6 Å². The number of likely N-dealkylation sites (N-methyl/N-ethyl adjacent to an activating group) is 1. The van der Waals surface area contributed by atoms with Crippen LogP contribution in [-0.4, -0.2) is 62.2 Å². The summed E-state index contributed by atoms with van der Waals surface area (Å²) in [5.74, 6) is 1.64. The van der Waals surface area contributed by atoms with Crippen LogP contribution in [0.4, 0.5) is 19.0 Å². The van der Waals surface area contributed by atoms with Crippen molar-refractivity contribution in [3.05, 3.63) is 59.3 Å². The van der Waals surface area contributed by atoms with Crippen LogP contribution < -0.4 is 15.5 Å². The van der Waals surface area contributed by atoms with Gasteiger partial charge in [-0.25, -0.2) is 4.98 Å². The van der Waals surface area contributed by atoms with Gasteiger partial charge in [0, 0.05) is 52.5 Å². The summed E-state index contributed by atoms with van der Waals surface area (Å²) >= 11 is 0. The Hall–Kier alpha value is -2.81. The van der Waals surface area contributed by atoms with E-state index in [1.54, 1.807) is 7.05 Å². The van der Waals surface area contributed by atoms with E-state index in [9.17, 15) is 13.2 Å². The highest BCUT2D eigenvalue weighted by molar-refractivity contribution is 5.79. The van der Waals surface area contributed by atoms with Gasteiger partial charge in [0.25, 0.3) is 0 Å². The number of hydrogen-bond acceptors (Lipinski definition) is 4. The van der Waals surface area contributed by atoms with Crippen LogP contribution in [0.2, 0.25) is 0 Å². The highest BCUT2D eigenvalue weighted by Crippen LogP contribution is 2.29. The maximum absolute atomic E-state index is 12.7. The molecule has 9 heteroatoms. The SMILES string of the molecule is CCN1CCN(c2cc(CNC(=NC)NCCc3ccc(C(F)(F)F)cc3)ccn2)CC1. The Kier molecular flexibility index (Phi) is 8.33. The van der Waals surface area contributed by atoms with Crippen molar-refractivity contribution in [1.29, 1.82) is 0 Å². The molecule has 2 N–H and O–H groups in total. The van der Waals surface area contributed by atoms with E-state index in [0.29, 0.717) is 25.5 Å². The fourth-order valence-corrected chi connectivity index (χ4v) is 3.63. The fourth-order valence-electron chi connectivity index (χ4n) is 3.63. The number of piperazine rings is 1. The van der Waals surface area contributed by atoms with E-state index in [4.69, 9.17) is 0 Å². The van der Waals surface area contributed by atoms with Crippen LogP contribution in [0.25, 0.3) is 0 Å². The summed E-state index contributed by atoms with van der Waals surface area (Å²) in [6.07, 6.45) is -1.87. The van der Waals surface area contributed by atoms with Gasteiger partial charge in [-0.2, -0.15) is 13.2 Å². The van der Waals surface area contributed by atoms with Crippen molar-refractivity contribution in [2.45, 2.75) is 26.1 Å². The number of benzene rings is 1. The van der Waals surface area contributed by atoms with Crippen LogP contribution >= 0.6 is 0 Å². The van der Waals surface area contributed by atoms with E-state index >= 15 is 0 Å². The molecule has 1 aliphatic heterocycles. The topological polar surface area (TPSA) is 55.8 Å². The summed E-state index contributed by atoms with van der Waals surface area (Å²) in [5.41, 5.74) is 1.32. The van der Waals surface area contributed by atoms with Gasteiger partial charge in [0.15, 0.2) is 5.96 Å². The third-order valence-electron chi connectivity index (χ3n) is 5.62. The maximum atomic E-state index is 12.7. The lowest BCUT2D eigenvalue weighted by Crippen LogP contribution is -2.46. The number of aliphatic imine (C=N–C) groups is 1. The first-order chi connectivity index (χ1) is 15.4. The number of aromatic nitrogens is 1. The molecule has 174 valence electrons. The Morgan fingerprint density at radius 1 is 1.03 bits per heavy atom. The number of pyridine rings is 1. The molecule has 1 aromatic carbocycles. The molecule has 32 heavy (non-hydrogen) atoms. The van der Waals surface area contributed by atoms with E-state index in [0.717, 1.165) is 61.8 Å². The van der Waals surface area contributed by atoms with E-state index in [-0.39, 0.29) is 0 Å². The van der Waals surface area contributed by atoms with Gasteiger partial charge in [-0.15, -0.1) is 0 Å². The number of halogens is 3. The largest absolute Gasteiger partial charge is 0.416 e. The summed E-state index contributed by atoms with van der Waals surface area (Å²) in [6, 6.07) is 9.34. The van der Waals surface area contributed by atoms with Gasteiger partial charge in [0.1, 0.15) is 5.82 Å². The predicted molar refractivity (Wildman–Crippen MR) is 122 cm³/mol. The predicted octanol–water partition coefficient (Wildman–Crippen LogP) is 3.15. The first kappa shape index (κ1) is 23.8. The first-order valence-electron chi connectivity index (χ1n) is 10.9. The molecule has 0 radical (unpaired) electrons. The zero-order chi connectivity index (χ0) is 23.0. The third kappa shape index (κ3) is 6.85. The molecule has 2 heterocycles. The molecule has 1 aliphatic rings. The molecule has 0 aliphatic carbocycles. The fraction of sp³-hybridized carbons (Fsp3) is 0.478. The molecular formula is C23H31F3N6. The van der Waals surface area contributed by atoms with Crippen molar-refractivity contribution in [2.24, 2.45) is 4.99 Å². The summed E-state index contributed by atoms with van der Waals surface area (Å²) in [7, 11) is 1.69. The quantitative estimate of drug-likeness (QED) is 0.504. The van der Waals surface area contributed by atoms with Crippen LogP contribution in [0, 0.1) is 0 Å². The molecule has 0 unspecified atom stereocenters. The maximum Gasteiger partial charge on any atom is 0.416 e. The average molecular weight is 449 g/mol. The van der Waals surface area contributed by atoms with E-state index in [1.165, 1.54) is 12.1 Å². The molecule has 3 rings (SSSR count). The van der Waals surface area contributed by atoms with Crippen molar-refractivity contribution >= 4 is 11.8 Å². The second kappa shape index (κ2) is 11.2. The Balaban J connectivity index is 1.45. The highest BCUT2D eigenvalue weighted by atomic mass is 19.4. The molecule has 0 saturated carbocycles. The van der Waals surface area contributed by atoms with Crippen molar-refractivity contribution < 1.29 is 13.2 Å². The first-order valence-corrected chi connectivity index (χ1v) is 10.9. The smallest absolute Gasteiger partial charge is 0.356 e. The van der Waals surface area contributed by atoms with Gasteiger partial charge in [-0.05, 0) is 48.4 Å². The zero-order valence-electron chi connectivity index (χ0n) is 18.6. The lowest BCUT2D eigenvalue weighted by Gasteiger charge is -2.34. The number of anilines is 1. The molecule has 6 nitrogen and oxygen atoms in total. The molecule has 0 bridgehead atoms. The van der Waals surface area contributed by atoms with Crippen LogP contribution in [0.3, 0.4) is 0 Å². The summed E-state index contributed by atoms with van der Waals surface area (Å²) in [5, 5.41) is 6.49. The Bertz CT molecular complexity index is 874. The lowest BCUT2D eigenvalue weighted by molar-refractivity contribution is -0.137. The molecular weight excluding hydrogens is 417 g/mol. The minimum atomic E-state index is -4.31. The second-order valence-electron chi connectivity index (χ2n) is 7.74. The van der Waals surface area contributed by atoms with Crippen molar-refractivity contribution in [1.82, 2.24) is 20.5 Å². The third-order valence-corrected chi connectivity index (χ3v) is 5.62. The number of guanidine groups is 1. The second-order valence-corrected chi connectivity index (χ2v) is 7.74. The average Bonchev–Trinajstić information content (AvgIpc) is 2.81. The van der Waals surface area contributed by atoms with Gasteiger partial charge < -0.3 is 20.4 Å². The molecule has 1 saturated heterocycles. The number of rotatable bonds is 7. The minimum Gasteiger partial charge on any atom is -0.356 e. The molecule has 2 aromatic rings. The van der Waals surface area contributed by atoms with Crippen LogP contribution in [0.15, 0.2) is 47.6 Å². The lowest BCUT2D eigenvalue weighted by atomic mass is 10.1. The van der Waals surface area contributed by atoms with Crippen molar-refractivity contribution in [2.75, 3.05) is 51.2 Å². The van der Waals surface area contributed by atoms with Crippen molar-refractivity contribution in [3.63, 3.8) is 0 Å². The summed E-state index contributed by atoms with van der Waals surface area (Å²) in [4.78, 5) is 13.5. The molecule has 0 atom stereocenters. The highest BCUT2D eigenvalue weighted by Gasteiger charge is 2.29. The summed E-state index contributed by atoms with van der Waals surface area (Å²) < 4.78 is 38.0. The monoisotopic (exact) mass is 448 g/mol.